The minimum atomic E-state index is -0.517. The second-order valence-electron chi connectivity index (χ2n) is 6.42. The zero-order chi connectivity index (χ0) is 18.8. The van der Waals surface area contributed by atoms with Gasteiger partial charge in [0.05, 0.1) is 10.8 Å². The first-order valence-corrected chi connectivity index (χ1v) is 8.28. The number of hydrogen-bond acceptors (Lipinski definition) is 4. The SMILES string of the molecule is Cc1cccc(N2C[C@@H](C(=O)Nc3cccc([N+](=O)[O-])c3)CC2=O)c1C. The number of nitro groups is 1. The molecule has 1 fully saturated rings. The molecule has 0 spiro atoms. The minimum Gasteiger partial charge on any atom is -0.326 e. The van der Waals surface area contributed by atoms with Crippen LogP contribution in [0.2, 0.25) is 0 Å². The lowest BCUT2D eigenvalue weighted by molar-refractivity contribution is -0.384. The highest BCUT2D eigenvalue weighted by molar-refractivity contribution is 6.04. The number of nitro benzene ring substituents is 1. The van der Waals surface area contributed by atoms with Gasteiger partial charge in [0.1, 0.15) is 0 Å². The number of aryl methyl sites for hydroxylation is 1. The van der Waals surface area contributed by atoms with Crippen LogP contribution >= 0.6 is 0 Å². The third kappa shape index (κ3) is 3.42. The van der Waals surface area contributed by atoms with Gasteiger partial charge in [0.25, 0.3) is 5.69 Å². The molecule has 0 aliphatic carbocycles. The molecule has 1 N–H and O–H groups in total. The molecule has 0 saturated carbocycles. The summed E-state index contributed by atoms with van der Waals surface area (Å²) in [4.78, 5) is 36.9. The van der Waals surface area contributed by atoms with Crippen molar-refractivity contribution >= 4 is 28.9 Å². The summed E-state index contributed by atoms with van der Waals surface area (Å²) >= 11 is 0. The lowest BCUT2D eigenvalue weighted by Crippen LogP contribution is -2.28. The van der Waals surface area contributed by atoms with Crippen molar-refractivity contribution in [1.82, 2.24) is 0 Å². The zero-order valence-electron chi connectivity index (χ0n) is 14.6. The Morgan fingerprint density at radius 3 is 2.69 bits per heavy atom. The quantitative estimate of drug-likeness (QED) is 0.675. The lowest BCUT2D eigenvalue weighted by Gasteiger charge is -2.20. The average Bonchev–Trinajstić information content (AvgIpc) is 2.99. The van der Waals surface area contributed by atoms with Crippen molar-refractivity contribution in [2.45, 2.75) is 20.3 Å². The van der Waals surface area contributed by atoms with Crippen LogP contribution in [-0.2, 0) is 9.59 Å². The van der Waals surface area contributed by atoms with Crippen molar-refractivity contribution in [2.75, 3.05) is 16.8 Å². The smallest absolute Gasteiger partial charge is 0.271 e. The van der Waals surface area contributed by atoms with Gasteiger partial charge in [-0.2, -0.15) is 0 Å². The van der Waals surface area contributed by atoms with E-state index < -0.39 is 10.8 Å². The van der Waals surface area contributed by atoms with E-state index in [2.05, 4.69) is 5.32 Å². The van der Waals surface area contributed by atoms with E-state index in [1.54, 1.807) is 11.0 Å². The fraction of sp³-hybridized carbons (Fsp3) is 0.263. The predicted molar refractivity (Wildman–Crippen MR) is 98.1 cm³/mol. The summed E-state index contributed by atoms with van der Waals surface area (Å²) in [7, 11) is 0. The Bertz CT molecular complexity index is 894. The van der Waals surface area contributed by atoms with Gasteiger partial charge in [-0.05, 0) is 37.1 Å². The van der Waals surface area contributed by atoms with Crippen LogP contribution in [0.4, 0.5) is 17.1 Å². The highest BCUT2D eigenvalue weighted by atomic mass is 16.6. The number of nitrogens with zero attached hydrogens (tertiary/aromatic N) is 2. The molecule has 134 valence electrons. The fourth-order valence-electron chi connectivity index (χ4n) is 3.09. The van der Waals surface area contributed by atoms with Crippen LogP contribution in [0, 0.1) is 29.9 Å². The Labute approximate surface area is 150 Å². The second kappa shape index (κ2) is 6.95. The number of hydrogen-bond donors (Lipinski definition) is 1. The van der Waals surface area contributed by atoms with Gasteiger partial charge in [0.2, 0.25) is 11.8 Å². The van der Waals surface area contributed by atoms with Gasteiger partial charge in [-0.15, -0.1) is 0 Å². The first-order valence-electron chi connectivity index (χ1n) is 8.28. The summed E-state index contributed by atoms with van der Waals surface area (Å²) in [6.07, 6.45) is 0.119. The Kier molecular flexibility index (Phi) is 4.71. The Balaban J connectivity index is 1.74. The molecule has 1 aliphatic heterocycles. The van der Waals surface area contributed by atoms with E-state index in [1.165, 1.54) is 18.2 Å². The topological polar surface area (TPSA) is 92.6 Å². The lowest BCUT2D eigenvalue weighted by atomic mass is 10.1. The molecule has 2 amide bonds. The van der Waals surface area contributed by atoms with Crippen LogP contribution in [-0.4, -0.2) is 23.3 Å². The fourth-order valence-corrected chi connectivity index (χ4v) is 3.09. The molecule has 1 saturated heterocycles. The van der Waals surface area contributed by atoms with Gasteiger partial charge in [-0.25, -0.2) is 0 Å². The number of amides is 2. The molecule has 2 aromatic rings. The maximum Gasteiger partial charge on any atom is 0.271 e. The second-order valence-corrected chi connectivity index (χ2v) is 6.42. The molecule has 7 heteroatoms. The van der Waals surface area contributed by atoms with E-state index in [9.17, 15) is 19.7 Å². The molecule has 0 bridgehead atoms. The van der Waals surface area contributed by atoms with Crippen molar-refractivity contribution < 1.29 is 14.5 Å². The summed E-state index contributed by atoms with van der Waals surface area (Å²) in [5.74, 6) is -0.911. The van der Waals surface area contributed by atoms with Gasteiger partial charge in [-0.3, -0.25) is 19.7 Å². The van der Waals surface area contributed by atoms with E-state index in [0.717, 1.165) is 16.8 Å². The maximum absolute atomic E-state index is 12.5. The highest BCUT2D eigenvalue weighted by Gasteiger charge is 2.35. The number of anilines is 2. The Morgan fingerprint density at radius 1 is 1.23 bits per heavy atom. The van der Waals surface area contributed by atoms with Crippen LogP contribution < -0.4 is 10.2 Å². The molecule has 1 heterocycles. The van der Waals surface area contributed by atoms with Crippen LogP contribution in [0.5, 0.6) is 0 Å². The third-order valence-corrected chi connectivity index (χ3v) is 4.69. The number of carbonyl (C=O) groups is 2. The number of rotatable bonds is 4. The first-order chi connectivity index (χ1) is 12.4. The van der Waals surface area contributed by atoms with Crippen LogP contribution in [0.1, 0.15) is 17.5 Å². The number of non-ortho nitro benzene ring substituents is 1. The summed E-state index contributed by atoms with van der Waals surface area (Å²) in [5.41, 5.74) is 3.17. The molecule has 2 aromatic carbocycles. The summed E-state index contributed by atoms with van der Waals surface area (Å²) in [6, 6.07) is 11.5. The summed E-state index contributed by atoms with van der Waals surface area (Å²) in [5, 5.41) is 13.5. The van der Waals surface area contributed by atoms with E-state index in [-0.39, 0.29) is 23.9 Å². The van der Waals surface area contributed by atoms with Gasteiger partial charge in [0.15, 0.2) is 0 Å². The maximum atomic E-state index is 12.5. The van der Waals surface area contributed by atoms with Gasteiger partial charge >= 0.3 is 0 Å². The van der Waals surface area contributed by atoms with Gasteiger partial charge in [-0.1, -0.05) is 18.2 Å². The molecule has 7 nitrogen and oxygen atoms in total. The highest BCUT2D eigenvalue weighted by Crippen LogP contribution is 2.30. The number of carbonyl (C=O) groups excluding carboxylic acids is 2. The van der Waals surface area contributed by atoms with Crippen molar-refractivity contribution in [1.29, 1.82) is 0 Å². The van der Waals surface area contributed by atoms with Crippen molar-refractivity contribution in [3.63, 3.8) is 0 Å². The normalized spacial score (nSPS) is 16.6. The third-order valence-electron chi connectivity index (χ3n) is 4.69. The number of benzene rings is 2. The van der Waals surface area contributed by atoms with Crippen molar-refractivity contribution in [2.24, 2.45) is 5.92 Å². The summed E-state index contributed by atoms with van der Waals surface area (Å²) in [6.45, 7) is 4.23. The molecule has 1 atom stereocenters. The van der Waals surface area contributed by atoms with Crippen LogP contribution in [0.3, 0.4) is 0 Å². The molecular weight excluding hydrogens is 334 g/mol. The Hall–Kier alpha value is -3.22. The van der Waals surface area contributed by atoms with E-state index in [0.29, 0.717) is 12.2 Å². The monoisotopic (exact) mass is 353 g/mol. The minimum absolute atomic E-state index is 0.0951. The van der Waals surface area contributed by atoms with Gasteiger partial charge in [0, 0.05) is 36.5 Å². The molecule has 1 aliphatic rings. The van der Waals surface area contributed by atoms with Crippen molar-refractivity contribution in [3.8, 4) is 0 Å². The van der Waals surface area contributed by atoms with Crippen molar-refractivity contribution in [3.05, 3.63) is 63.7 Å². The molecule has 0 aromatic heterocycles. The van der Waals surface area contributed by atoms with Gasteiger partial charge < -0.3 is 10.2 Å². The molecule has 26 heavy (non-hydrogen) atoms. The number of nitrogens with one attached hydrogen (secondary N) is 1. The molecule has 0 radical (unpaired) electrons. The van der Waals surface area contributed by atoms with E-state index in [1.807, 2.05) is 32.0 Å². The average molecular weight is 353 g/mol. The summed E-state index contributed by atoms with van der Waals surface area (Å²) < 4.78 is 0. The zero-order valence-corrected chi connectivity index (χ0v) is 14.6. The van der Waals surface area contributed by atoms with E-state index >= 15 is 0 Å². The van der Waals surface area contributed by atoms with Crippen LogP contribution in [0.25, 0.3) is 0 Å². The first kappa shape index (κ1) is 17.6. The van der Waals surface area contributed by atoms with Crippen LogP contribution in [0.15, 0.2) is 42.5 Å². The predicted octanol–water partition coefficient (Wildman–Crippen LogP) is 3.20. The standard InChI is InChI=1S/C19H19N3O4/c1-12-5-3-8-17(13(12)2)21-11-14(9-18(21)23)19(24)20-15-6-4-7-16(10-15)22(25)26/h3-8,10,14H,9,11H2,1-2H3,(H,20,24)/t14-/m0/s1. The largest absolute Gasteiger partial charge is 0.326 e. The van der Waals surface area contributed by atoms with E-state index in [4.69, 9.17) is 0 Å². The molecule has 3 rings (SSSR count). The molecule has 0 unspecified atom stereocenters. The molecular formula is C19H19N3O4. The Morgan fingerprint density at radius 2 is 1.96 bits per heavy atom.